The molecule has 0 aliphatic carbocycles. The molecule has 0 fully saturated rings. The Hall–Kier alpha value is -1.31. The first-order valence-corrected chi connectivity index (χ1v) is 14.8. The van der Waals surface area contributed by atoms with Crippen LogP contribution < -0.4 is 0 Å². The topological polar surface area (TPSA) is 26.3 Å². The van der Waals surface area contributed by atoms with Gasteiger partial charge in [0, 0.05) is 11.8 Å². The molecule has 34 heavy (non-hydrogen) atoms. The van der Waals surface area contributed by atoms with Crippen molar-refractivity contribution in [3.05, 3.63) is 35.9 Å². The number of unbranched alkanes of at least 4 members (excludes halogenated alkanes) is 13. The molecule has 0 aliphatic heterocycles. The van der Waals surface area contributed by atoms with Crippen LogP contribution in [0.5, 0.6) is 0 Å². The fraction of sp³-hybridized carbons (Fsp3) is 0.781. The van der Waals surface area contributed by atoms with Crippen molar-refractivity contribution in [2.75, 3.05) is 6.61 Å². The molecule has 0 saturated heterocycles. The van der Waals surface area contributed by atoms with Gasteiger partial charge in [-0.1, -0.05) is 141 Å². The lowest BCUT2D eigenvalue weighted by Gasteiger charge is -2.29. The zero-order valence-electron chi connectivity index (χ0n) is 23.1. The number of hydrogen-bond acceptors (Lipinski definition) is 2. The number of hydrogen-bond donors (Lipinski definition) is 0. The van der Waals surface area contributed by atoms with Crippen LogP contribution in [0.25, 0.3) is 0 Å². The average Bonchev–Trinajstić information content (AvgIpc) is 2.85. The number of esters is 1. The first-order chi connectivity index (χ1) is 16.6. The minimum Gasteiger partial charge on any atom is -0.465 e. The quantitative estimate of drug-likeness (QED) is 0.117. The molecule has 0 saturated carbocycles. The molecule has 0 radical (unpaired) electrons. The zero-order valence-corrected chi connectivity index (χ0v) is 23.1. The molecule has 1 unspecified atom stereocenters. The minimum absolute atomic E-state index is 0.00171. The fourth-order valence-corrected chi connectivity index (χ4v) is 4.86. The summed E-state index contributed by atoms with van der Waals surface area (Å²) in [6, 6.07) is 10.5. The number of benzene rings is 1. The Morgan fingerprint density at radius 2 is 1.18 bits per heavy atom. The molecule has 0 aliphatic rings. The van der Waals surface area contributed by atoms with Crippen LogP contribution in [0.1, 0.15) is 148 Å². The van der Waals surface area contributed by atoms with Crippen LogP contribution >= 0.6 is 0 Å². The van der Waals surface area contributed by atoms with E-state index in [0.717, 1.165) is 19.3 Å². The number of ether oxygens (including phenoxy) is 1. The van der Waals surface area contributed by atoms with Crippen LogP contribution in [0.4, 0.5) is 0 Å². The van der Waals surface area contributed by atoms with Gasteiger partial charge in [0.05, 0.1) is 6.61 Å². The minimum atomic E-state index is -0.00171. The van der Waals surface area contributed by atoms with Crippen molar-refractivity contribution in [2.24, 2.45) is 5.41 Å². The summed E-state index contributed by atoms with van der Waals surface area (Å²) in [5.41, 5.74) is 1.50. The number of rotatable bonds is 23. The Morgan fingerprint density at radius 3 is 1.71 bits per heavy atom. The summed E-state index contributed by atoms with van der Waals surface area (Å²) in [5, 5.41) is 0. The lowest BCUT2D eigenvalue weighted by Crippen LogP contribution is -2.25. The van der Waals surface area contributed by atoms with Crippen LogP contribution in [-0.4, -0.2) is 12.6 Å². The molecule has 196 valence electrons. The molecule has 1 aromatic carbocycles. The molecule has 1 aromatic rings. The second kappa shape index (κ2) is 21.0. The van der Waals surface area contributed by atoms with Crippen molar-refractivity contribution in [1.82, 2.24) is 0 Å². The van der Waals surface area contributed by atoms with Crippen LogP contribution in [0.2, 0.25) is 0 Å². The van der Waals surface area contributed by atoms with Gasteiger partial charge in [0.1, 0.15) is 0 Å². The maximum absolute atomic E-state index is 12.4. The molecule has 2 nitrogen and oxygen atoms in total. The van der Waals surface area contributed by atoms with Crippen LogP contribution in [0, 0.1) is 5.41 Å². The van der Waals surface area contributed by atoms with E-state index in [4.69, 9.17) is 4.74 Å². The van der Waals surface area contributed by atoms with Crippen LogP contribution in [0.15, 0.2) is 30.3 Å². The lowest BCUT2D eigenvalue weighted by molar-refractivity contribution is -0.147. The second-order valence-corrected chi connectivity index (χ2v) is 10.9. The molecule has 0 bridgehead atoms. The lowest BCUT2D eigenvalue weighted by atomic mass is 9.80. The molecule has 0 aromatic heterocycles. The molecule has 1 rings (SSSR count). The third kappa shape index (κ3) is 17.2. The largest absolute Gasteiger partial charge is 0.465 e. The normalized spacial score (nSPS) is 13.0. The average molecular weight is 473 g/mol. The number of carbonyl (C=O) groups is 1. The predicted molar refractivity (Wildman–Crippen MR) is 148 cm³/mol. The highest BCUT2D eigenvalue weighted by Crippen LogP contribution is 2.32. The standard InChI is InChI=1S/C32H56O2/c1-4-6-8-10-12-13-15-22-28-32(3,27-21-14-11-9-7-5-2)29-34-31(33)26-20-19-25-30-23-17-16-18-24-30/h16-18,23-24H,4-15,19-22,25-29H2,1-3H3. The molecule has 2 heteroatoms. The molecule has 0 heterocycles. The number of carbonyl (C=O) groups excluding carboxylic acids is 1. The molecule has 0 spiro atoms. The summed E-state index contributed by atoms with van der Waals surface area (Å²) in [7, 11) is 0. The SMILES string of the molecule is CCCCCCCCCCC(C)(CCCCCCCC)COC(=O)CCCCc1ccccc1. The second-order valence-electron chi connectivity index (χ2n) is 10.9. The Balaban J connectivity index is 2.30. The maximum Gasteiger partial charge on any atom is 0.305 e. The van der Waals surface area contributed by atoms with E-state index in [9.17, 15) is 4.79 Å². The van der Waals surface area contributed by atoms with Crippen molar-refractivity contribution < 1.29 is 9.53 Å². The van der Waals surface area contributed by atoms with Gasteiger partial charge in [-0.15, -0.1) is 0 Å². The third-order valence-corrected chi connectivity index (χ3v) is 7.29. The molecular formula is C32H56O2. The van der Waals surface area contributed by atoms with Crippen molar-refractivity contribution in [3.8, 4) is 0 Å². The van der Waals surface area contributed by atoms with E-state index < -0.39 is 0 Å². The summed E-state index contributed by atoms with van der Waals surface area (Å²) in [6.45, 7) is 7.53. The van der Waals surface area contributed by atoms with Gasteiger partial charge in [-0.2, -0.15) is 0 Å². The Morgan fingerprint density at radius 1 is 0.676 bits per heavy atom. The Kier molecular flexibility index (Phi) is 19.0. The van der Waals surface area contributed by atoms with Gasteiger partial charge in [-0.05, 0) is 37.7 Å². The molecule has 0 N–H and O–H groups in total. The van der Waals surface area contributed by atoms with Gasteiger partial charge < -0.3 is 4.74 Å². The van der Waals surface area contributed by atoms with E-state index in [0.29, 0.717) is 13.0 Å². The van der Waals surface area contributed by atoms with E-state index in [1.807, 2.05) is 0 Å². The highest BCUT2D eigenvalue weighted by Gasteiger charge is 2.25. The van der Waals surface area contributed by atoms with Crippen molar-refractivity contribution in [2.45, 2.75) is 149 Å². The number of aryl methyl sites for hydroxylation is 1. The first kappa shape index (κ1) is 30.7. The first-order valence-electron chi connectivity index (χ1n) is 14.8. The monoisotopic (exact) mass is 472 g/mol. The van der Waals surface area contributed by atoms with Gasteiger partial charge in [-0.25, -0.2) is 0 Å². The fourth-order valence-electron chi connectivity index (χ4n) is 4.86. The summed E-state index contributed by atoms with van der Waals surface area (Å²) >= 11 is 0. The molecule has 1 atom stereocenters. The third-order valence-electron chi connectivity index (χ3n) is 7.29. The van der Waals surface area contributed by atoms with E-state index >= 15 is 0 Å². The van der Waals surface area contributed by atoms with Gasteiger partial charge >= 0.3 is 5.97 Å². The maximum atomic E-state index is 12.4. The highest BCUT2D eigenvalue weighted by atomic mass is 16.5. The van der Waals surface area contributed by atoms with Crippen molar-refractivity contribution in [1.29, 1.82) is 0 Å². The highest BCUT2D eigenvalue weighted by molar-refractivity contribution is 5.69. The predicted octanol–water partition coefficient (Wildman–Crippen LogP) is 10.2. The van der Waals surface area contributed by atoms with Crippen molar-refractivity contribution >= 4 is 5.97 Å². The Bertz CT molecular complexity index is 582. The zero-order chi connectivity index (χ0) is 24.7. The van der Waals surface area contributed by atoms with Crippen LogP contribution in [0.3, 0.4) is 0 Å². The van der Waals surface area contributed by atoms with E-state index in [-0.39, 0.29) is 11.4 Å². The van der Waals surface area contributed by atoms with Crippen molar-refractivity contribution in [3.63, 3.8) is 0 Å². The molecule has 0 amide bonds. The van der Waals surface area contributed by atoms with Gasteiger partial charge in [0.15, 0.2) is 0 Å². The van der Waals surface area contributed by atoms with E-state index in [2.05, 4.69) is 51.1 Å². The van der Waals surface area contributed by atoms with Gasteiger partial charge in [0.25, 0.3) is 0 Å². The summed E-state index contributed by atoms with van der Waals surface area (Å²) < 4.78 is 5.84. The van der Waals surface area contributed by atoms with Crippen LogP contribution in [-0.2, 0) is 16.0 Å². The summed E-state index contributed by atoms with van der Waals surface area (Å²) in [5.74, 6) is -0.00171. The van der Waals surface area contributed by atoms with Gasteiger partial charge in [0.2, 0.25) is 0 Å². The summed E-state index contributed by atoms with van der Waals surface area (Å²) in [4.78, 5) is 12.4. The summed E-state index contributed by atoms with van der Waals surface area (Å²) in [6.07, 6.45) is 24.7. The Labute approximate surface area is 212 Å². The van der Waals surface area contributed by atoms with Gasteiger partial charge in [-0.3, -0.25) is 4.79 Å². The van der Waals surface area contributed by atoms with E-state index in [1.54, 1.807) is 0 Å². The molecular weight excluding hydrogens is 416 g/mol. The van der Waals surface area contributed by atoms with E-state index in [1.165, 1.54) is 108 Å². The smallest absolute Gasteiger partial charge is 0.305 e.